The molecule has 3 rings (SSSR count). The summed E-state index contributed by atoms with van der Waals surface area (Å²) in [4.78, 5) is 29.4. The summed E-state index contributed by atoms with van der Waals surface area (Å²) in [5.41, 5.74) is 0.0205. The number of sulfone groups is 1. The van der Waals surface area contributed by atoms with Crippen LogP contribution in [0.25, 0.3) is 0 Å². The molecule has 1 aromatic rings. The van der Waals surface area contributed by atoms with E-state index in [-0.39, 0.29) is 29.4 Å². The van der Waals surface area contributed by atoms with Gasteiger partial charge in [-0.25, -0.2) is 8.42 Å². The number of hydrogen-bond acceptors (Lipinski definition) is 4. The molecule has 0 radical (unpaired) electrons. The lowest BCUT2D eigenvalue weighted by Gasteiger charge is -2.32. The molecule has 1 saturated carbocycles. The van der Waals surface area contributed by atoms with Crippen molar-refractivity contribution >= 4 is 21.7 Å². The molecule has 26 heavy (non-hydrogen) atoms. The zero-order valence-electron chi connectivity index (χ0n) is 15.3. The van der Waals surface area contributed by atoms with E-state index in [2.05, 4.69) is 0 Å². The van der Waals surface area contributed by atoms with Crippen LogP contribution in [0.2, 0.25) is 0 Å². The minimum atomic E-state index is -3.08. The third kappa shape index (κ3) is 3.63. The summed E-state index contributed by atoms with van der Waals surface area (Å²) < 4.78 is 23.6. The van der Waals surface area contributed by atoms with Gasteiger partial charge in [-0.05, 0) is 31.7 Å². The number of nitrogens with zero attached hydrogens (tertiary/aromatic N) is 2. The zero-order chi connectivity index (χ0) is 18.9. The fourth-order valence-corrected chi connectivity index (χ4v) is 5.53. The number of carbonyl (C=O) groups excluding carboxylic acids is 2. The lowest BCUT2D eigenvalue weighted by Crippen LogP contribution is -2.49. The Morgan fingerprint density at radius 2 is 1.81 bits per heavy atom. The van der Waals surface area contributed by atoms with Crippen molar-refractivity contribution in [1.29, 1.82) is 0 Å². The number of benzene rings is 1. The molecular formula is C19H26N2O4S. The summed E-state index contributed by atoms with van der Waals surface area (Å²) in [5, 5.41) is 0. The highest BCUT2D eigenvalue weighted by Gasteiger charge is 2.59. The molecule has 1 heterocycles. The Morgan fingerprint density at radius 1 is 1.15 bits per heavy atom. The standard InChI is InChI=1S/C19H26N2O4S/c1-3-21(16-9-12-26(24,25)14-16)18(23)19(10-11-19)17(22)20(2)13-15-7-5-4-6-8-15/h4-8,16H,3,9-14H2,1-2H3. The molecule has 1 unspecified atom stereocenters. The Kier molecular flexibility index (Phi) is 5.10. The summed E-state index contributed by atoms with van der Waals surface area (Å²) >= 11 is 0. The molecular weight excluding hydrogens is 352 g/mol. The second-order valence-corrected chi connectivity index (χ2v) is 9.61. The number of amides is 2. The van der Waals surface area contributed by atoms with Crippen molar-refractivity contribution in [2.24, 2.45) is 5.41 Å². The summed E-state index contributed by atoms with van der Waals surface area (Å²) in [6, 6.07) is 9.37. The van der Waals surface area contributed by atoms with Gasteiger partial charge in [-0.1, -0.05) is 30.3 Å². The summed E-state index contributed by atoms with van der Waals surface area (Å²) in [6.45, 7) is 2.73. The van der Waals surface area contributed by atoms with Crippen LogP contribution in [0.15, 0.2) is 30.3 Å². The van der Waals surface area contributed by atoms with Crippen molar-refractivity contribution in [3.8, 4) is 0 Å². The molecule has 0 bridgehead atoms. The predicted molar refractivity (Wildman–Crippen MR) is 99.0 cm³/mol. The molecule has 142 valence electrons. The largest absolute Gasteiger partial charge is 0.340 e. The van der Waals surface area contributed by atoms with Gasteiger partial charge >= 0.3 is 0 Å². The molecule has 1 aliphatic heterocycles. The smallest absolute Gasteiger partial charge is 0.238 e. The highest BCUT2D eigenvalue weighted by atomic mass is 32.2. The molecule has 1 aromatic carbocycles. The highest BCUT2D eigenvalue weighted by molar-refractivity contribution is 7.91. The molecule has 7 heteroatoms. The van der Waals surface area contributed by atoms with Gasteiger partial charge < -0.3 is 9.80 Å². The van der Waals surface area contributed by atoms with Crippen molar-refractivity contribution in [1.82, 2.24) is 9.80 Å². The van der Waals surface area contributed by atoms with Gasteiger partial charge in [-0.3, -0.25) is 9.59 Å². The first kappa shape index (κ1) is 18.9. The van der Waals surface area contributed by atoms with E-state index in [0.29, 0.717) is 32.4 Å². The molecule has 1 atom stereocenters. The lowest BCUT2D eigenvalue weighted by molar-refractivity contribution is -0.150. The second-order valence-electron chi connectivity index (χ2n) is 7.38. The van der Waals surface area contributed by atoms with Gasteiger partial charge in [-0.15, -0.1) is 0 Å². The van der Waals surface area contributed by atoms with Gasteiger partial charge in [0, 0.05) is 26.2 Å². The maximum Gasteiger partial charge on any atom is 0.238 e. The molecule has 0 aromatic heterocycles. The molecule has 2 amide bonds. The molecule has 6 nitrogen and oxygen atoms in total. The van der Waals surface area contributed by atoms with Crippen LogP contribution in [-0.4, -0.2) is 61.2 Å². The van der Waals surface area contributed by atoms with E-state index in [4.69, 9.17) is 0 Å². The number of rotatable bonds is 6. The average molecular weight is 378 g/mol. The Hall–Kier alpha value is -1.89. The maximum absolute atomic E-state index is 13.1. The first-order valence-electron chi connectivity index (χ1n) is 9.10. The second kappa shape index (κ2) is 7.02. The maximum atomic E-state index is 13.1. The first-order valence-corrected chi connectivity index (χ1v) is 10.9. The minimum Gasteiger partial charge on any atom is -0.340 e. The summed E-state index contributed by atoms with van der Waals surface area (Å²) in [6.07, 6.45) is 1.55. The van der Waals surface area contributed by atoms with Gasteiger partial charge in [0.15, 0.2) is 9.84 Å². The monoisotopic (exact) mass is 378 g/mol. The van der Waals surface area contributed by atoms with Crippen molar-refractivity contribution < 1.29 is 18.0 Å². The fraction of sp³-hybridized carbons (Fsp3) is 0.579. The zero-order valence-corrected chi connectivity index (χ0v) is 16.2. The van der Waals surface area contributed by atoms with E-state index in [9.17, 15) is 18.0 Å². The van der Waals surface area contributed by atoms with Crippen molar-refractivity contribution in [2.75, 3.05) is 25.1 Å². The fourth-order valence-electron chi connectivity index (χ4n) is 3.80. The number of hydrogen-bond donors (Lipinski definition) is 0. The number of carbonyl (C=O) groups is 2. The Balaban J connectivity index is 1.72. The normalized spacial score (nSPS) is 22.6. The van der Waals surface area contributed by atoms with E-state index >= 15 is 0 Å². The van der Waals surface area contributed by atoms with E-state index in [1.165, 1.54) is 0 Å². The quantitative estimate of drug-likeness (QED) is 0.703. The minimum absolute atomic E-state index is 0.0106. The van der Waals surface area contributed by atoms with E-state index in [1.54, 1.807) is 16.8 Å². The van der Waals surface area contributed by atoms with E-state index < -0.39 is 15.3 Å². The molecule has 0 spiro atoms. The van der Waals surface area contributed by atoms with Crippen LogP contribution in [0.5, 0.6) is 0 Å². The summed E-state index contributed by atoms with van der Waals surface area (Å²) in [7, 11) is -1.35. The van der Waals surface area contributed by atoms with E-state index in [0.717, 1.165) is 5.56 Å². The molecule has 1 aliphatic carbocycles. The van der Waals surface area contributed by atoms with Crippen molar-refractivity contribution in [3.63, 3.8) is 0 Å². The van der Waals surface area contributed by atoms with Crippen LogP contribution in [0.3, 0.4) is 0 Å². The third-order valence-electron chi connectivity index (χ3n) is 5.43. The van der Waals surface area contributed by atoms with Gasteiger partial charge in [-0.2, -0.15) is 0 Å². The molecule has 2 fully saturated rings. The van der Waals surface area contributed by atoms with Crippen LogP contribution < -0.4 is 0 Å². The van der Waals surface area contributed by atoms with Crippen LogP contribution in [-0.2, 0) is 26.0 Å². The lowest BCUT2D eigenvalue weighted by atomic mass is 10.0. The highest BCUT2D eigenvalue weighted by Crippen LogP contribution is 2.49. The molecule has 1 saturated heterocycles. The predicted octanol–water partition coefficient (Wildman–Crippen LogP) is 1.46. The van der Waals surface area contributed by atoms with Crippen molar-refractivity contribution in [3.05, 3.63) is 35.9 Å². The van der Waals surface area contributed by atoms with Crippen LogP contribution >= 0.6 is 0 Å². The Morgan fingerprint density at radius 3 is 2.31 bits per heavy atom. The topological polar surface area (TPSA) is 74.8 Å². The van der Waals surface area contributed by atoms with Crippen molar-refractivity contribution in [2.45, 2.75) is 38.8 Å². The molecule has 2 aliphatic rings. The van der Waals surface area contributed by atoms with E-state index in [1.807, 2.05) is 37.3 Å². The molecule has 0 N–H and O–H groups in total. The van der Waals surface area contributed by atoms with Gasteiger partial charge in [0.05, 0.1) is 11.5 Å². The van der Waals surface area contributed by atoms with Crippen LogP contribution in [0.4, 0.5) is 0 Å². The van der Waals surface area contributed by atoms with Gasteiger partial charge in [0.2, 0.25) is 11.8 Å². The van der Waals surface area contributed by atoms with Crippen LogP contribution in [0, 0.1) is 5.41 Å². The SMILES string of the molecule is CCN(C(=O)C1(C(=O)N(C)Cc2ccccc2)CC1)C1CCS(=O)(=O)C1. The van der Waals surface area contributed by atoms with Gasteiger partial charge in [0.1, 0.15) is 5.41 Å². The average Bonchev–Trinajstić information content (AvgIpc) is 3.35. The first-order chi connectivity index (χ1) is 12.3. The third-order valence-corrected chi connectivity index (χ3v) is 7.18. The van der Waals surface area contributed by atoms with Crippen LogP contribution in [0.1, 0.15) is 31.7 Å². The van der Waals surface area contributed by atoms with Gasteiger partial charge in [0.25, 0.3) is 0 Å². The summed E-state index contributed by atoms with van der Waals surface area (Å²) in [5.74, 6) is -0.231. The Labute approximate surface area is 155 Å². The Bertz CT molecular complexity index is 787.